The molecule has 4 rings (SSSR count). The van der Waals surface area contributed by atoms with Gasteiger partial charge in [0.25, 0.3) is 0 Å². The number of amides is 1. The topological polar surface area (TPSA) is 57.8 Å². The normalized spacial score (nSPS) is 11.0. The standard InChI is InChI=1S/C23H19Cl2N3O/c24-15-11-12-19-17(14-15)16(23(28-19)21-9-3-4-13-26-21)6-5-10-22(29)27-20-8-2-1-7-18(20)25/h1-4,7-9,11-14,28H,5-6,10H2,(H,27,29). The van der Waals surface area contributed by atoms with Crippen molar-refractivity contribution >= 4 is 45.7 Å². The van der Waals surface area contributed by atoms with Crippen LogP contribution in [-0.4, -0.2) is 15.9 Å². The summed E-state index contributed by atoms with van der Waals surface area (Å²) in [6.45, 7) is 0. The summed E-state index contributed by atoms with van der Waals surface area (Å²) in [7, 11) is 0. The minimum atomic E-state index is -0.0599. The molecule has 0 radical (unpaired) electrons. The predicted molar refractivity (Wildman–Crippen MR) is 120 cm³/mol. The zero-order valence-electron chi connectivity index (χ0n) is 15.6. The summed E-state index contributed by atoms with van der Waals surface area (Å²) in [6, 6.07) is 18.8. The average Bonchev–Trinajstić information content (AvgIpc) is 3.08. The first-order chi connectivity index (χ1) is 14.1. The summed E-state index contributed by atoms with van der Waals surface area (Å²) >= 11 is 12.3. The van der Waals surface area contributed by atoms with Gasteiger partial charge < -0.3 is 10.3 Å². The highest BCUT2D eigenvalue weighted by atomic mass is 35.5. The largest absolute Gasteiger partial charge is 0.353 e. The molecule has 4 aromatic rings. The van der Waals surface area contributed by atoms with Crippen molar-refractivity contribution in [3.8, 4) is 11.4 Å². The first-order valence-electron chi connectivity index (χ1n) is 9.38. The van der Waals surface area contributed by atoms with Gasteiger partial charge in [-0.3, -0.25) is 9.78 Å². The zero-order valence-corrected chi connectivity index (χ0v) is 17.1. The van der Waals surface area contributed by atoms with E-state index in [1.165, 1.54) is 0 Å². The smallest absolute Gasteiger partial charge is 0.224 e. The lowest BCUT2D eigenvalue weighted by atomic mass is 10.0. The van der Waals surface area contributed by atoms with Crippen molar-refractivity contribution in [2.75, 3.05) is 5.32 Å². The van der Waals surface area contributed by atoms with Crippen molar-refractivity contribution < 1.29 is 4.79 Å². The Kier molecular flexibility index (Phi) is 5.84. The quantitative estimate of drug-likeness (QED) is 0.371. The van der Waals surface area contributed by atoms with E-state index in [0.717, 1.165) is 34.3 Å². The fourth-order valence-electron chi connectivity index (χ4n) is 3.41. The first-order valence-corrected chi connectivity index (χ1v) is 10.1. The van der Waals surface area contributed by atoms with E-state index in [2.05, 4.69) is 15.3 Å². The number of aryl methyl sites for hydroxylation is 1. The van der Waals surface area contributed by atoms with Crippen molar-refractivity contribution in [3.63, 3.8) is 0 Å². The molecule has 0 fully saturated rings. The predicted octanol–water partition coefficient (Wildman–Crippen LogP) is 6.50. The molecule has 2 aromatic heterocycles. The van der Waals surface area contributed by atoms with Crippen molar-refractivity contribution in [2.24, 2.45) is 0 Å². The second-order valence-corrected chi connectivity index (χ2v) is 7.61. The first kappa shape index (κ1) is 19.5. The lowest BCUT2D eigenvalue weighted by Gasteiger charge is -2.08. The molecule has 0 aliphatic heterocycles. The van der Waals surface area contributed by atoms with E-state index in [-0.39, 0.29) is 5.91 Å². The number of pyridine rings is 1. The van der Waals surface area contributed by atoms with Crippen LogP contribution in [0.2, 0.25) is 10.0 Å². The van der Waals surface area contributed by atoms with Gasteiger partial charge in [0.2, 0.25) is 5.91 Å². The molecule has 4 nitrogen and oxygen atoms in total. The second kappa shape index (κ2) is 8.68. The van der Waals surface area contributed by atoms with Crippen LogP contribution in [0.1, 0.15) is 18.4 Å². The fraction of sp³-hybridized carbons (Fsp3) is 0.130. The average molecular weight is 424 g/mol. The van der Waals surface area contributed by atoms with Gasteiger partial charge in [0, 0.05) is 28.5 Å². The molecule has 0 bridgehead atoms. The van der Waals surface area contributed by atoms with Crippen LogP contribution in [0.5, 0.6) is 0 Å². The van der Waals surface area contributed by atoms with E-state index in [9.17, 15) is 4.79 Å². The third-order valence-electron chi connectivity index (χ3n) is 4.77. The molecule has 0 aliphatic carbocycles. The lowest BCUT2D eigenvalue weighted by Crippen LogP contribution is -2.11. The van der Waals surface area contributed by atoms with E-state index in [1.807, 2.05) is 48.5 Å². The highest BCUT2D eigenvalue weighted by Crippen LogP contribution is 2.32. The highest BCUT2D eigenvalue weighted by Gasteiger charge is 2.15. The molecule has 0 saturated carbocycles. The Balaban J connectivity index is 1.53. The molecule has 0 atom stereocenters. The number of hydrogen-bond donors (Lipinski definition) is 2. The van der Waals surface area contributed by atoms with Crippen LogP contribution in [0.3, 0.4) is 0 Å². The molecule has 1 amide bonds. The van der Waals surface area contributed by atoms with Crippen molar-refractivity contribution in [2.45, 2.75) is 19.3 Å². The Morgan fingerprint density at radius 2 is 1.86 bits per heavy atom. The summed E-state index contributed by atoms with van der Waals surface area (Å²) in [5.74, 6) is -0.0599. The molecule has 0 aliphatic rings. The monoisotopic (exact) mass is 423 g/mol. The Hall–Kier alpha value is -2.82. The molecule has 2 aromatic carbocycles. The number of H-pyrrole nitrogens is 1. The van der Waals surface area contributed by atoms with Crippen LogP contribution >= 0.6 is 23.2 Å². The number of anilines is 1. The molecule has 6 heteroatoms. The Bertz CT molecular complexity index is 1160. The number of aromatic nitrogens is 2. The Morgan fingerprint density at radius 3 is 2.66 bits per heavy atom. The number of carbonyl (C=O) groups excluding carboxylic acids is 1. The summed E-state index contributed by atoms with van der Waals surface area (Å²) in [5.41, 5.74) is 4.59. The molecule has 2 heterocycles. The van der Waals surface area contributed by atoms with Crippen LogP contribution in [0.25, 0.3) is 22.3 Å². The number of halogens is 2. The minimum Gasteiger partial charge on any atom is -0.353 e. The van der Waals surface area contributed by atoms with Gasteiger partial charge in [-0.2, -0.15) is 0 Å². The maximum Gasteiger partial charge on any atom is 0.224 e. The number of benzene rings is 2. The maximum atomic E-state index is 12.4. The van der Waals surface area contributed by atoms with Gasteiger partial charge in [0.15, 0.2) is 0 Å². The van der Waals surface area contributed by atoms with Gasteiger partial charge in [-0.1, -0.05) is 41.4 Å². The van der Waals surface area contributed by atoms with E-state index < -0.39 is 0 Å². The molecule has 146 valence electrons. The number of aromatic amines is 1. The number of nitrogens with zero attached hydrogens (tertiary/aromatic N) is 1. The Morgan fingerprint density at radius 1 is 1.03 bits per heavy atom. The van der Waals surface area contributed by atoms with Crippen LogP contribution in [0.4, 0.5) is 5.69 Å². The zero-order chi connectivity index (χ0) is 20.2. The molecule has 0 unspecified atom stereocenters. The van der Waals surface area contributed by atoms with Crippen molar-refractivity contribution in [1.29, 1.82) is 0 Å². The molecular weight excluding hydrogens is 405 g/mol. The molecule has 0 saturated heterocycles. The van der Waals surface area contributed by atoms with Crippen LogP contribution in [-0.2, 0) is 11.2 Å². The third kappa shape index (κ3) is 4.44. The van der Waals surface area contributed by atoms with Gasteiger partial charge in [0.1, 0.15) is 0 Å². The highest BCUT2D eigenvalue weighted by molar-refractivity contribution is 6.33. The lowest BCUT2D eigenvalue weighted by molar-refractivity contribution is -0.116. The number of para-hydroxylation sites is 1. The van der Waals surface area contributed by atoms with Gasteiger partial charge in [0.05, 0.1) is 22.1 Å². The SMILES string of the molecule is O=C(CCCc1c(-c2ccccn2)[nH]c2ccc(Cl)cc12)Nc1ccccc1Cl. The number of rotatable bonds is 6. The molecule has 29 heavy (non-hydrogen) atoms. The molecule has 2 N–H and O–H groups in total. The third-order valence-corrected chi connectivity index (χ3v) is 5.33. The van der Waals surface area contributed by atoms with E-state index >= 15 is 0 Å². The second-order valence-electron chi connectivity index (χ2n) is 6.77. The number of carbonyl (C=O) groups is 1. The minimum absolute atomic E-state index is 0.0599. The van der Waals surface area contributed by atoms with Crippen molar-refractivity contribution in [3.05, 3.63) is 82.5 Å². The van der Waals surface area contributed by atoms with Crippen molar-refractivity contribution in [1.82, 2.24) is 9.97 Å². The van der Waals surface area contributed by atoms with Crippen LogP contribution in [0, 0.1) is 0 Å². The fourth-order valence-corrected chi connectivity index (χ4v) is 3.76. The molecular formula is C23H19Cl2N3O. The molecule has 0 spiro atoms. The summed E-state index contributed by atoms with van der Waals surface area (Å²) in [6.07, 6.45) is 3.58. The number of fused-ring (bicyclic) bond motifs is 1. The van der Waals surface area contributed by atoms with Gasteiger partial charge in [-0.25, -0.2) is 0 Å². The summed E-state index contributed by atoms with van der Waals surface area (Å²) < 4.78 is 0. The van der Waals surface area contributed by atoms with Gasteiger partial charge in [-0.15, -0.1) is 0 Å². The Labute approximate surface area is 178 Å². The number of hydrogen-bond acceptors (Lipinski definition) is 2. The summed E-state index contributed by atoms with van der Waals surface area (Å²) in [4.78, 5) is 20.3. The summed E-state index contributed by atoms with van der Waals surface area (Å²) in [5, 5.41) is 5.14. The van der Waals surface area contributed by atoms with Gasteiger partial charge >= 0.3 is 0 Å². The van der Waals surface area contributed by atoms with E-state index in [1.54, 1.807) is 18.3 Å². The maximum absolute atomic E-state index is 12.4. The van der Waals surface area contributed by atoms with E-state index in [0.29, 0.717) is 28.6 Å². The van der Waals surface area contributed by atoms with Crippen LogP contribution in [0.15, 0.2) is 66.9 Å². The van der Waals surface area contributed by atoms with Crippen LogP contribution < -0.4 is 5.32 Å². The van der Waals surface area contributed by atoms with Gasteiger partial charge in [-0.05, 0) is 60.9 Å². The number of nitrogens with one attached hydrogen (secondary N) is 2. The van der Waals surface area contributed by atoms with E-state index in [4.69, 9.17) is 23.2 Å².